The number of rotatable bonds is 6. The smallest absolute Gasteiger partial charge is 0.366 e. The van der Waals surface area contributed by atoms with Crippen LogP contribution in [0, 0.1) is 0 Å². The molecule has 66 valence electrons. The van der Waals surface area contributed by atoms with Crippen LogP contribution in [0.3, 0.4) is 0 Å². The van der Waals surface area contributed by atoms with Crippen molar-refractivity contribution >= 4 is 9.05 Å². The van der Waals surface area contributed by atoms with Crippen molar-refractivity contribution in [3.8, 4) is 0 Å². The molecule has 0 aliphatic heterocycles. The van der Waals surface area contributed by atoms with Gasteiger partial charge in [-0.3, -0.25) is 0 Å². The van der Waals surface area contributed by atoms with Gasteiger partial charge in [0.15, 0.2) is 0 Å². The van der Waals surface area contributed by atoms with Crippen molar-refractivity contribution < 1.29 is 23.5 Å². The van der Waals surface area contributed by atoms with E-state index in [-0.39, 0.29) is 13.2 Å². The summed E-state index contributed by atoms with van der Waals surface area (Å²) >= 11 is 0. The van der Waals surface area contributed by atoms with E-state index in [2.05, 4.69) is 20.5 Å². The van der Waals surface area contributed by atoms with Crippen molar-refractivity contribution in [2.24, 2.45) is 0 Å². The van der Waals surface area contributed by atoms with Crippen LogP contribution in [-0.4, -0.2) is 31.9 Å². The maximum Gasteiger partial charge on any atom is 0.702 e. The minimum Gasteiger partial charge on any atom is -0.366 e. The lowest BCUT2D eigenvalue weighted by Crippen LogP contribution is -2.42. The zero-order chi connectivity index (χ0) is 8.74. The Morgan fingerprint density at radius 1 is 1.55 bits per heavy atom. The van der Waals surface area contributed by atoms with Gasteiger partial charge in [-0.05, 0) is 6.92 Å². The zero-order valence-electron chi connectivity index (χ0n) is 6.32. The Bertz CT molecular complexity index is 115. The first-order chi connectivity index (χ1) is 5.12. The Balaban J connectivity index is 3.51. The highest BCUT2D eigenvalue weighted by Gasteiger charge is 2.37. The van der Waals surface area contributed by atoms with Gasteiger partial charge in [0.1, 0.15) is 0 Å². The van der Waals surface area contributed by atoms with E-state index in [1.54, 1.807) is 6.92 Å². The number of hydrogen-bond acceptors (Lipinski definition) is 5. The van der Waals surface area contributed by atoms with Crippen LogP contribution < -0.4 is 0 Å². The summed E-state index contributed by atoms with van der Waals surface area (Å²) in [6.07, 6.45) is 1.38. The van der Waals surface area contributed by atoms with Crippen molar-refractivity contribution in [2.45, 2.75) is 6.92 Å². The van der Waals surface area contributed by atoms with Crippen LogP contribution >= 0.6 is 0 Å². The molecule has 0 aromatic rings. The molecule has 0 unspecified atom stereocenters. The first-order valence-electron chi connectivity index (χ1n) is 3.12. The third kappa shape index (κ3) is 6.17. The minimum atomic E-state index is -4.04. The molecule has 0 amide bonds. The lowest BCUT2D eigenvalue weighted by atomic mass is 10.7. The van der Waals surface area contributed by atoms with Gasteiger partial charge in [0.05, 0.1) is 13.2 Å². The summed E-state index contributed by atoms with van der Waals surface area (Å²) in [5.74, 6) is 0. The molecule has 0 saturated heterocycles. The Morgan fingerprint density at radius 3 is 2.64 bits per heavy atom. The van der Waals surface area contributed by atoms with Crippen LogP contribution in [0.4, 0.5) is 0 Å². The summed E-state index contributed by atoms with van der Waals surface area (Å²) in [6, 6.07) is 0. The fourth-order valence-corrected chi connectivity index (χ4v) is 0.982. The summed E-state index contributed by atoms with van der Waals surface area (Å²) in [6.45, 7) is 5.22. The standard InChI is InChI=1S/C5H12O5Si/c1-3-5-9-11(6,7)10-8-4-2/h3,6-7H,1,4-5H2,2H3. The molecule has 0 atom stereocenters. The third-order valence-corrected chi connectivity index (χ3v) is 1.55. The summed E-state index contributed by atoms with van der Waals surface area (Å²) in [5, 5.41) is 0. The van der Waals surface area contributed by atoms with E-state index in [0.717, 1.165) is 0 Å². The van der Waals surface area contributed by atoms with Gasteiger partial charge in [-0.2, -0.15) is 4.58 Å². The van der Waals surface area contributed by atoms with E-state index in [0.29, 0.717) is 0 Å². The quantitative estimate of drug-likeness (QED) is 0.251. The van der Waals surface area contributed by atoms with E-state index in [1.807, 2.05) is 0 Å². The van der Waals surface area contributed by atoms with Crippen LogP contribution in [0.15, 0.2) is 12.7 Å². The molecule has 0 aliphatic carbocycles. The summed E-state index contributed by atoms with van der Waals surface area (Å²) in [7, 11) is -4.04. The average Bonchev–Trinajstić information content (AvgIpc) is 1.97. The van der Waals surface area contributed by atoms with E-state index in [4.69, 9.17) is 9.59 Å². The molecule has 11 heavy (non-hydrogen) atoms. The van der Waals surface area contributed by atoms with Crippen molar-refractivity contribution in [1.29, 1.82) is 0 Å². The van der Waals surface area contributed by atoms with Crippen molar-refractivity contribution in [3.63, 3.8) is 0 Å². The molecule has 5 nitrogen and oxygen atoms in total. The second-order valence-electron chi connectivity index (χ2n) is 1.64. The SMILES string of the molecule is C=CCO[Si](O)(O)OOCC. The van der Waals surface area contributed by atoms with Gasteiger partial charge in [-0.1, -0.05) is 6.08 Å². The van der Waals surface area contributed by atoms with Crippen LogP contribution in [0.25, 0.3) is 0 Å². The second-order valence-corrected chi connectivity index (χ2v) is 3.19. The van der Waals surface area contributed by atoms with Crippen LogP contribution in [0.1, 0.15) is 6.92 Å². The largest absolute Gasteiger partial charge is 0.702 e. The van der Waals surface area contributed by atoms with Crippen molar-refractivity contribution in [3.05, 3.63) is 12.7 Å². The maximum absolute atomic E-state index is 8.85. The topological polar surface area (TPSA) is 68.2 Å². The highest BCUT2D eigenvalue weighted by molar-refractivity contribution is 6.49. The minimum absolute atomic E-state index is 0.0201. The monoisotopic (exact) mass is 180 g/mol. The normalized spacial score (nSPS) is 11.5. The van der Waals surface area contributed by atoms with Crippen LogP contribution in [0.2, 0.25) is 0 Å². The maximum atomic E-state index is 8.85. The molecule has 0 radical (unpaired) electrons. The van der Waals surface area contributed by atoms with E-state index >= 15 is 0 Å². The Kier molecular flexibility index (Phi) is 5.29. The molecule has 0 saturated carbocycles. The molecule has 0 spiro atoms. The van der Waals surface area contributed by atoms with Crippen LogP contribution in [0.5, 0.6) is 0 Å². The Labute approximate surface area is 66.2 Å². The van der Waals surface area contributed by atoms with E-state index in [1.165, 1.54) is 6.08 Å². The lowest BCUT2D eigenvalue weighted by molar-refractivity contribution is -0.261. The van der Waals surface area contributed by atoms with Gasteiger partial charge in [0.2, 0.25) is 0 Å². The van der Waals surface area contributed by atoms with Crippen molar-refractivity contribution in [1.82, 2.24) is 0 Å². The molecule has 2 N–H and O–H groups in total. The molecular formula is C5H12O5Si. The lowest BCUT2D eigenvalue weighted by Gasteiger charge is -2.13. The molecule has 6 heteroatoms. The Hall–Kier alpha value is -0.243. The highest BCUT2D eigenvalue weighted by Crippen LogP contribution is 1.98. The van der Waals surface area contributed by atoms with Gasteiger partial charge >= 0.3 is 9.05 Å². The molecular weight excluding hydrogens is 168 g/mol. The highest BCUT2D eigenvalue weighted by atomic mass is 28.4. The van der Waals surface area contributed by atoms with Gasteiger partial charge in [-0.25, -0.2) is 4.89 Å². The molecule has 0 rings (SSSR count). The third-order valence-electron chi connectivity index (χ3n) is 0.675. The van der Waals surface area contributed by atoms with Gasteiger partial charge < -0.3 is 14.0 Å². The summed E-state index contributed by atoms with van der Waals surface area (Å²) in [5.41, 5.74) is 0. The molecule has 0 aromatic carbocycles. The molecule has 0 bridgehead atoms. The van der Waals surface area contributed by atoms with Crippen molar-refractivity contribution in [2.75, 3.05) is 13.2 Å². The molecule has 0 fully saturated rings. The zero-order valence-corrected chi connectivity index (χ0v) is 7.32. The van der Waals surface area contributed by atoms with Gasteiger partial charge in [0.25, 0.3) is 0 Å². The van der Waals surface area contributed by atoms with Gasteiger partial charge in [0, 0.05) is 0 Å². The first-order valence-corrected chi connectivity index (χ1v) is 4.83. The summed E-state index contributed by atoms with van der Waals surface area (Å²) < 4.78 is 8.63. The molecule has 0 heterocycles. The van der Waals surface area contributed by atoms with Gasteiger partial charge in [-0.15, -0.1) is 6.58 Å². The fourth-order valence-electron chi connectivity index (χ4n) is 0.327. The van der Waals surface area contributed by atoms with E-state index in [9.17, 15) is 0 Å². The molecule has 0 aliphatic rings. The second kappa shape index (κ2) is 5.41. The van der Waals surface area contributed by atoms with E-state index < -0.39 is 9.05 Å². The average molecular weight is 180 g/mol. The van der Waals surface area contributed by atoms with Crippen LogP contribution in [-0.2, 0) is 13.9 Å². The fraction of sp³-hybridized carbons (Fsp3) is 0.600. The Morgan fingerprint density at radius 2 is 2.18 bits per heavy atom. The molecule has 0 aromatic heterocycles. The predicted molar refractivity (Wildman–Crippen MR) is 39.1 cm³/mol. The number of hydrogen-bond donors (Lipinski definition) is 2. The first kappa shape index (κ1) is 10.8. The summed E-state index contributed by atoms with van der Waals surface area (Å²) in [4.78, 5) is 22.0. The predicted octanol–water partition coefficient (Wildman–Crippen LogP) is -0.423.